The summed E-state index contributed by atoms with van der Waals surface area (Å²) in [5.74, 6) is -2.73. The average Bonchev–Trinajstić information content (AvgIpc) is 2.51. The SMILES string of the molecule is C[C@H](Sc1ccc(F)c(F)c1)C(=O)Nc1ccc(C(N)=O)cc1. The molecule has 1 atom stereocenters. The van der Waals surface area contributed by atoms with E-state index in [9.17, 15) is 18.4 Å². The van der Waals surface area contributed by atoms with Crippen LogP contribution in [0, 0.1) is 11.6 Å². The van der Waals surface area contributed by atoms with Crippen LogP contribution in [-0.4, -0.2) is 17.1 Å². The highest BCUT2D eigenvalue weighted by Gasteiger charge is 2.15. The molecular weight excluding hydrogens is 322 g/mol. The maximum atomic E-state index is 13.2. The number of amides is 2. The van der Waals surface area contributed by atoms with Gasteiger partial charge in [-0.2, -0.15) is 0 Å². The Morgan fingerprint density at radius 2 is 1.74 bits per heavy atom. The number of benzene rings is 2. The summed E-state index contributed by atoms with van der Waals surface area (Å²) in [6.07, 6.45) is 0. The van der Waals surface area contributed by atoms with Crippen LogP contribution in [0.1, 0.15) is 17.3 Å². The molecule has 0 unspecified atom stereocenters. The number of halogens is 2. The minimum absolute atomic E-state index is 0.299. The van der Waals surface area contributed by atoms with E-state index in [0.29, 0.717) is 16.1 Å². The first-order valence-corrected chi connectivity index (χ1v) is 7.57. The molecule has 0 bridgehead atoms. The first kappa shape index (κ1) is 17.0. The van der Waals surface area contributed by atoms with Crippen LogP contribution in [0.2, 0.25) is 0 Å². The minimum Gasteiger partial charge on any atom is -0.366 e. The van der Waals surface area contributed by atoms with Crippen LogP contribution < -0.4 is 11.1 Å². The van der Waals surface area contributed by atoms with E-state index in [4.69, 9.17) is 5.73 Å². The topological polar surface area (TPSA) is 72.2 Å². The molecule has 23 heavy (non-hydrogen) atoms. The van der Waals surface area contributed by atoms with Gasteiger partial charge < -0.3 is 11.1 Å². The highest BCUT2D eigenvalue weighted by Crippen LogP contribution is 2.25. The van der Waals surface area contributed by atoms with E-state index in [1.807, 2.05) is 0 Å². The standard InChI is InChI=1S/C16H14F2N2O2S/c1-9(23-12-6-7-13(17)14(18)8-12)16(22)20-11-4-2-10(3-5-11)15(19)21/h2-9H,1H3,(H2,19,21)(H,20,22)/t9-/m0/s1. The zero-order valence-electron chi connectivity index (χ0n) is 12.2. The van der Waals surface area contributed by atoms with E-state index in [1.165, 1.54) is 18.2 Å². The van der Waals surface area contributed by atoms with Gasteiger partial charge in [-0.3, -0.25) is 9.59 Å². The lowest BCUT2D eigenvalue weighted by atomic mass is 10.2. The van der Waals surface area contributed by atoms with Crippen LogP contribution >= 0.6 is 11.8 Å². The van der Waals surface area contributed by atoms with Gasteiger partial charge in [-0.15, -0.1) is 11.8 Å². The number of primary amides is 1. The van der Waals surface area contributed by atoms with Crippen molar-refractivity contribution in [1.29, 1.82) is 0 Å². The number of rotatable bonds is 5. The quantitative estimate of drug-likeness (QED) is 0.824. The number of carbonyl (C=O) groups excluding carboxylic acids is 2. The van der Waals surface area contributed by atoms with Crippen molar-refractivity contribution in [1.82, 2.24) is 0 Å². The largest absolute Gasteiger partial charge is 0.366 e. The van der Waals surface area contributed by atoms with Crippen molar-refractivity contribution in [3.8, 4) is 0 Å². The summed E-state index contributed by atoms with van der Waals surface area (Å²) >= 11 is 1.11. The molecule has 0 heterocycles. The summed E-state index contributed by atoms with van der Waals surface area (Å²) in [5, 5.41) is 2.16. The summed E-state index contributed by atoms with van der Waals surface area (Å²) in [6, 6.07) is 9.61. The Balaban J connectivity index is 1.99. The third-order valence-electron chi connectivity index (χ3n) is 3.01. The molecule has 0 aliphatic rings. The smallest absolute Gasteiger partial charge is 0.248 e. The van der Waals surface area contributed by atoms with Crippen molar-refractivity contribution < 1.29 is 18.4 Å². The monoisotopic (exact) mass is 336 g/mol. The number of nitrogens with one attached hydrogen (secondary N) is 1. The normalized spacial score (nSPS) is 11.8. The van der Waals surface area contributed by atoms with Crippen LogP contribution in [0.5, 0.6) is 0 Å². The number of hydrogen-bond donors (Lipinski definition) is 2. The molecule has 2 amide bonds. The van der Waals surface area contributed by atoms with Crippen molar-refractivity contribution in [2.24, 2.45) is 5.73 Å². The molecule has 2 rings (SSSR count). The predicted molar refractivity (Wildman–Crippen MR) is 85.3 cm³/mol. The fourth-order valence-electron chi connectivity index (χ4n) is 1.77. The Labute approximate surface area is 136 Å². The van der Waals surface area contributed by atoms with Crippen molar-refractivity contribution in [2.75, 3.05) is 5.32 Å². The lowest BCUT2D eigenvalue weighted by Gasteiger charge is -2.12. The molecule has 7 heteroatoms. The lowest BCUT2D eigenvalue weighted by molar-refractivity contribution is -0.115. The molecule has 0 aromatic heterocycles. The van der Waals surface area contributed by atoms with Gasteiger partial charge in [0.1, 0.15) is 0 Å². The maximum Gasteiger partial charge on any atom is 0.248 e. The molecule has 2 aromatic rings. The second kappa shape index (κ2) is 7.23. The van der Waals surface area contributed by atoms with Gasteiger partial charge in [0.2, 0.25) is 11.8 Å². The van der Waals surface area contributed by atoms with Gasteiger partial charge in [0.15, 0.2) is 11.6 Å². The third kappa shape index (κ3) is 4.53. The second-order valence-corrected chi connectivity index (χ2v) is 6.18. The summed E-state index contributed by atoms with van der Waals surface area (Å²) in [5.41, 5.74) is 5.99. The summed E-state index contributed by atoms with van der Waals surface area (Å²) in [4.78, 5) is 23.5. The van der Waals surface area contributed by atoms with Gasteiger partial charge >= 0.3 is 0 Å². The van der Waals surface area contributed by atoms with E-state index < -0.39 is 22.8 Å². The molecule has 3 N–H and O–H groups in total. The lowest BCUT2D eigenvalue weighted by Crippen LogP contribution is -2.22. The Bertz CT molecular complexity index is 735. The molecular formula is C16H14F2N2O2S. The van der Waals surface area contributed by atoms with E-state index in [-0.39, 0.29) is 5.91 Å². The van der Waals surface area contributed by atoms with Gasteiger partial charge in [-0.1, -0.05) is 0 Å². The molecule has 2 aromatic carbocycles. The minimum atomic E-state index is -0.954. The first-order chi connectivity index (χ1) is 10.9. The molecule has 0 aliphatic heterocycles. The van der Waals surface area contributed by atoms with Gasteiger partial charge in [0.25, 0.3) is 0 Å². The summed E-state index contributed by atoms with van der Waals surface area (Å²) < 4.78 is 26.0. The number of anilines is 1. The Morgan fingerprint density at radius 3 is 2.30 bits per heavy atom. The molecule has 0 saturated heterocycles. The third-order valence-corrected chi connectivity index (χ3v) is 4.10. The highest BCUT2D eigenvalue weighted by molar-refractivity contribution is 8.00. The fourth-order valence-corrected chi connectivity index (χ4v) is 2.66. The molecule has 0 radical (unpaired) electrons. The van der Waals surface area contributed by atoms with Gasteiger partial charge in [-0.05, 0) is 49.4 Å². The molecule has 0 saturated carbocycles. The molecule has 0 aliphatic carbocycles. The summed E-state index contributed by atoms with van der Waals surface area (Å²) in [7, 11) is 0. The Morgan fingerprint density at radius 1 is 1.09 bits per heavy atom. The second-order valence-electron chi connectivity index (χ2n) is 4.77. The predicted octanol–water partition coefficient (Wildman–Crippen LogP) is 3.18. The highest BCUT2D eigenvalue weighted by atomic mass is 32.2. The first-order valence-electron chi connectivity index (χ1n) is 6.69. The van der Waals surface area contributed by atoms with Crippen LogP contribution in [0.3, 0.4) is 0 Å². The van der Waals surface area contributed by atoms with Crippen molar-refractivity contribution in [2.45, 2.75) is 17.1 Å². The molecule has 0 spiro atoms. The zero-order chi connectivity index (χ0) is 17.0. The van der Waals surface area contributed by atoms with E-state index in [2.05, 4.69) is 5.32 Å². The number of hydrogen-bond acceptors (Lipinski definition) is 3. The van der Waals surface area contributed by atoms with Crippen LogP contribution in [0.25, 0.3) is 0 Å². The molecule has 120 valence electrons. The number of nitrogens with two attached hydrogens (primary N) is 1. The van der Waals surface area contributed by atoms with Crippen molar-refractivity contribution in [3.63, 3.8) is 0 Å². The van der Waals surface area contributed by atoms with Crippen molar-refractivity contribution >= 4 is 29.3 Å². The van der Waals surface area contributed by atoms with Gasteiger partial charge in [0.05, 0.1) is 5.25 Å². The number of thioether (sulfide) groups is 1. The van der Waals surface area contributed by atoms with Crippen LogP contribution in [0.4, 0.5) is 14.5 Å². The Kier molecular flexibility index (Phi) is 5.33. The van der Waals surface area contributed by atoms with E-state index in [0.717, 1.165) is 23.9 Å². The van der Waals surface area contributed by atoms with Crippen LogP contribution in [0.15, 0.2) is 47.4 Å². The number of carbonyl (C=O) groups is 2. The van der Waals surface area contributed by atoms with E-state index >= 15 is 0 Å². The van der Waals surface area contributed by atoms with Gasteiger partial charge in [-0.25, -0.2) is 8.78 Å². The average molecular weight is 336 g/mol. The zero-order valence-corrected chi connectivity index (χ0v) is 13.0. The van der Waals surface area contributed by atoms with Crippen LogP contribution in [-0.2, 0) is 4.79 Å². The Hall–Kier alpha value is -2.41. The fraction of sp³-hybridized carbons (Fsp3) is 0.125. The van der Waals surface area contributed by atoms with Gasteiger partial charge in [0, 0.05) is 16.1 Å². The molecule has 0 fully saturated rings. The van der Waals surface area contributed by atoms with E-state index in [1.54, 1.807) is 19.1 Å². The van der Waals surface area contributed by atoms with Crippen molar-refractivity contribution in [3.05, 3.63) is 59.7 Å². The maximum absolute atomic E-state index is 13.2. The molecule has 4 nitrogen and oxygen atoms in total. The summed E-state index contributed by atoms with van der Waals surface area (Å²) in [6.45, 7) is 1.65.